The summed E-state index contributed by atoms with van der Waals surface area (Å²) in [6.45, 7) is 0.446. The van der Waals surface area contributed by atoms with E-state index in [1.165, 1.54) is 7.11 Å². The van der Waals surface area contributed by atoms with Crippen LogP contribution < -0.4 is 5.32 Å². The summed E-state index contributed by atoms with van der Waals surface area (Å²) in [5.74, 6) is 0.670. The molecule has 0 aliphatic carbocycles. The summed E-state index contributed by atoms with van der Waals surface area (Å²) >= 11 is 1.58. The summed E-state index contributed by atoms with van der Waals surface area (Å²) in [6.07, 6.45) is 0.253. The molecule has 5 nitrogen and oxygen atoms in total. The molecular weight excluding hydrogens is 276 g/mol. The number of carbonyl (C=O) groups is 1. The van der Waals surface area contributed by atoms with Crippen LogP contribution in [0, 0.1) is 11.3 Å². The van der Waals surface area contributed by atoms with Crippen molar-refractivity contribution in [2.24, 2.45) is 0 Å². The Balaban J connectivity index is 2.00. The molecule has 104 valence electrons. The Labute approximate surface area is 120 Å². The molecular formula is C14H14N2O3S. The van der Waals surface area contributed by atoms with Gasteiger partial charge in [0.1, 0.15) is 11.8 Å². The molecule has 0 spiro atoms. The molecule has 1 N–H and O–H groups in total. The molecule has 1 unspecified atom stereocenters. The number of nitrogens with zero attached hydrogens (tertiary/aromatic N) is 1. The highest BCUT2D eigenvalue weighted by molar-refractivity contribution is 7.10. The van der Waals surface area contributed by atoms with E-state index >= 15 is 0 Å². The predicted molar refractivity (Wildman–Crippen MR) is 74.0 cm³/mol. The second kappa shape index (κ2) is 6.89. The third-order valence-corrected chi connectivity index (χ3v) is 3.77. The highest BCUT2D eigenvalue weighted by Gasteiger charge is 2.17. The van der Waals surface area contributed by atoms with E-state index in [0.717, 1.165) is 4.88 Å². The summed E-state index contributed by atoms with van der Waals surface area (Å²) in [7, 11) is 1.37. The fraction of sp³-hybridized carbons (Fsp3) is 0.286. The van der Waals surface area contributed by atoms with Gasteiger partial charge in [0.25, 0.3) is 0 Å². The van der Waals surface area contributed by atoms with Gasteiger partial charge in [0.2, 0.25) is 5.76 Å². The SMILES string of the molecule is COC(=O)CC(NCc1ccc(C#N)o1)c1cccs1. The molecule has 2 aromatic rings. The second-order valence-corrected chi connectivity index (χ2v) is 5.09. The molecule has 0 aliphatic heterocycles. The van der Waals surface area contributed by atoms with E-state index in [0.29, 0.717) is 12.3 Å². The Kier molecular flexibility index (Phi) is 4.93. The van der Waals surface area contributed by atoms with E-state index in [9.17, 15) is 4.79 Å². The van der Waals surface area contributed by atoms with E-state index in [-0.39, 0.29) is 24.2 Å². The standard InChI is InChI=1S/C14H14N2O3S/c1-18-14(17)7-12(13-3-2-6-20-13)16-9-11-5-4-10(8-15)19-11/h2-6,12,16H,7,9H2,1H3. The number of hydrogen-bond donors (Lipinski definition) is 1. The van der Waals surface area contributed by atoms with Crippen LogP contribution in [0.4, 0.5) is 0 Å². The molecule has 20 heavy (non-hydrogen) atoms. The summed E-state index contributed by atoms with van der Waals surface area (Å²) in [6, 6.07) is 9.08. The highest BCUT2D eigenvalue weighted by atomic mass is 32.1. The smallest absolute Gasteiger partial charge is 0.307 e. The van der Waals surface area contributed by atoms with Gasteiger partial charge in [0.05, 0.1) is 26.1 Å². The van der Waals surface area contributed by atoms with Gasteiger partial charge in [0, 0.05) is 4.88 Å². The zero-order chi connectivity index (χ0) is 14.4. The molecule has 6 heteroatoms. The van der Waals surface area contributed by atoms with Crippen molar-refractivity contribution < 1.29 is 13.9 Å². The van der Waals surface area contributed by atoms with Crippen molar-refractivity contribution in [2.45, 2.75) is 19.0 Å². The Morgan fingerprint density at radius 1 is 1.55 bits per heavy atom. The van der Waals surface area contributed by atoms with E-state index < -0.39 is 0 Å². The average molecular weight is 290 g/mol. The quantitative estimate of drug-likeness (QED) is 0.828. The minimum absolute atomic E-state index is 0.127. The number of furan rings is 1. The minimum atomic E-state index is -0.270. The Hall–Kier alpha value is -2.10. The monoisotopic (exact) mass is 290 g/mol. The Morgan fingerprint density at radius 2 is 2.40 bits per heavy atom. The number of hydrogen-bond acceptors (Lipinski definition) is 6. The molecule has 0 amide bonds. The third kappa shape index (κ3) is 3.70. The van der Waals surface area contributed by atoms with Gasteiger partial charge in [-0.3, -0.25) is 4.79 Å². The van der Waals surface area contributed by atoms with E-state index in [4.69, 9.17) is 14.4 Å². The van der Waals surface area contributed by atoms with Gasteiger partial charge in [-0.15, -0.1) is 11.3 Å². The van der Waals surface area contributed by atoms with Crippen molar-refractivity contribution in [2.75, 3.05) is 7.11 Å². The molecule has 0 aliphatic rings. The first-order valence-corrected chi connectivity index (χ1v) is 6.93. The maximum atomic E-state index is 11.5. The van der Waals surface area contributed by atoms with Crippen LogP contribution in [0.15, 0.2) is 34.1 Å². The predicted octanol–water partition coefficient (Wildman–Crippen LogP) is 2.61. The zero-order valence-electron chi connectivity index (χ0n) is 11.0. The fourth-order valence-electron chi connectivity index (χ4n) is 1.77. The number of nitrogens with one attached hydrogen (secondary N) is 1. The van der Waals surface area contributed by atoms with Gasteiger partial charge in [-0.1, -0.05) is 6.07 Å². The van der Waals surface area contributed by atoms with Gasteiger partial charge < -0.3 is 14.5 Å². The second-order valence-electron chi connectivity index (χ2n) is 4.11. The van der Waals surface area contributed by atoms with Crippen LogP contribution in [-0.2, 0) is 16.1 Å². The number of carbonyl (C=O) groups excluding carboxylic acids is 1. The summed E-state index contributed by atoms with van der Waals surface area (Å²) in [5, 5.41) is 13.9. The number of ether oxygens (including phenoxy) is 1. The molecule has 0 saturated carbocycles. The molecule has 0 saturated heterocycles. The first-order chi connectivity index (χ1) is 9.72. The van der Waals surface area contributed by atoms with Crippen LogP contribution in [-0.4, -0.2) is 13.1 Å². The lowest BCUT2D eigenvalue weighted by Crippen LogP contribution is -2.23. The number of thiophene rings is 1. The fourth-order valence-corrected chi connectivity index (χ4v) is 2.57. The molecule has 0 aromatic carbocycles. The Morgan fingerprint density at radius 3 is 3.00 bits per heavy atom. The average Bonchev–Trinajstić information content (AvgIpc) is 3.13. The van der Waals surface area contributed by atoms with Crippen LogP contribution >= 0.6 is 11.3 Å². The summed E-state index contributed by atoms with van der Waals surface area (Å²) < 4.78 is 10.0. The molecule has 0 fully saturated rings. The van der Waals surface area contributed by atoms with Crippen LogP contribution in [0.5, 0.6) is 0 Å². The van der Waals surface area contributed by atoms with Crippen LogP contribution in [0.25, 0.3) is 0 Å². The molecule has 2 rings (SSSR count). The van der Waals surface area contributed by atoms with E-state index in [1.807, 2.05) is 23.6 Å². The van der Waals surface area contributed by atoms with Crippen LogP contribution in [0.3, 0.4) is 0 Å². The van der Waals surface area contributed by atoms with Crippen molar-refractivity contribution in [1.29, 1.82) is 5.26 Å². The molecule has 2 heterocycles. The van der Waals surface area contributed by atoms with Gasteiger partial charge in [-0.05, 0) is 23.6 Å². The van der Waals surface area contributed by atoms with Crippen molar-refractivity contribution in [3.63, 3.8) is 0 Å². The number of nitriles is 1. The van der Waals surface area contributed by atoms with Crippen molar-refractivity contribution in [3.8, 4) is 6.07 Å². The topological polar surface area (TPSA) is 75.3 Å². The number of rotatable bonds is 6. The lowest BCUT2D eigenvalue weighted by molar-refractivity contribution is -0.141. The first-order valence-electron chi connectivity index (χ1n) is 6.05. The maximum absolute atomic E-state index is 11.5. The maximum Gasteiger partial charge on any atom is 0.307 e. The van der Waals surface area contributed by atoms with Crippen LogP contribution in [0.2, 0.25) is 0 Å². The number of esters is 1. The minimum Gasteiger partial charge on any atom is -0.469 e. The molecule has 1 atom stereocenters. The lowest BCUT2D eigenvalue weighted by Gasteiger charge is -2.15. The summed E-state index contributed by atoms with van der Waals surface area (Å²) in [4.78, 5) is 12.5. The lowest BCUT2D eigenvalue weighted by atomic mass is 10.1. The van der Waals surface area contributed by atoms with Crippen molar-refractivity contribution in [3.05, 3.63) is 46.0 Å². The van der Waals surface area contributed by atoms with Gasteiger partial charge >= 0.3 is 5.97 Å². The molecule has 0 radical (unpaired) electrons. The number of methoxy groups -OCH3 is 1. The van der Waals surface area contributed by atoms with Gasteiger partial charge in [-0.2, -0.15) is 5.26 Å². The molecule has 2 aromatic heterocycles. The summed E-state index contributed by atoms with van der Waals surface area (Å²) in [5.41, 5.74) is 0. The van der Waals surface area contributed by atoms with Gasteiger partial charge in [-0.25, -0.2) is 0 Å². The third-order valence-electron chi connectivity index (χ3n) is 2.78. The van der Waals surface area contributed by atoms with E-state index in [1.54, 1.807) is 23.5 Å². The molecule has 0 bridgehead atoms. The van der Waals surface area contributed by atoms with Crippen molar-refractivity contribution in [1.82, 2.24) is 5.32 Å². The normalized spacial score (nSPS) is 11.8. The van der Waals surface area contributed by atoms with Crippen molar-refractivity contribution >= 4 is 17.3 Å². The first kappa shape index (κ1) is 14.3. The largest absolute Gasteiger partial charge is 0.469 e. The Bertz CT molecular complexity index is 598. The zero-order valence-corrected chi connectivity index (χ0v) is 11.8. The van der Waals surface area contributed by atoms with E-state index in [2.05, 4.69) is 5.32 Å². The highest BCUT2D eigenvalue weighted by Crippen LogP contribution is 2.23. The van der Waals surface area contributed by atoms with Crippen LogP contribution in [0.1, 0.15) is 28.9 Å². The van der Waals surface area contributed by atoms with Gasteiger partial charge in [0.15, 0.2) is 0 Å².